The third kappa shape index (κ3) is 3.85. The Balaban J connectivity index is 2.47. The Morgan fingerprint density at radius 3 is 2.69 bits per heavy atom. The van der Waals surface area contributed by atoms with Gasteiger partial charge in [0.25, 0.3) is 0 Å². The molecule has 0 aromatic heterocycles. The second-order valence-corrected chi connectivity index (χ2v) is 2.46. The highest BCUT2D eigenvalue weighted by molar-refractivity contribution is 5.49. The molecule has 0 heteroatoms. The largest absolute Gasteiger partial charge is 0.106 e. The van der Waals surface area contributed by atoms with E-state index in [1.807, 2.05) is 42.5 Å². The van der Waals surface area contributed by atoms with Crippen LogP contribution < -0.4 is 0 Å². The molecule has 0 aliphatic heterocycles. The van der Waals surface area contributed by atoms with Crippen molar-refractivity contribution in [2.75, 3.05) is 0 Å². The molecule has 0 N–H and O–H groups in total. The molecule has 0 bridgehead atoms. The Morgan fingerprint density at radius 1 is 1.23 bits per heavy atom. The summed E-state index contributed by atoms with van der Waals surface area (Å²) in [6.45, 7) is 0. The lowest BCUT2D eigenvalue weighted by atomic mass is 10.2. The number of terminal acetylenes is 1. The van der Waals surface area contributed by atoms with Crippen molar-refractivity contribution < 1.29 is 0 Å². The van der Waals surface area contributed by atoms with Crippen LogP contribution in [0.3, 0.4) is 0 Å². The van der Waals surface area contributed by atoms with Crippen LogP contribution in [0, 0.1) is 24.2 Å². The summed E-state index contributed by atoms with van der Waals surface area (Å²) >= 11 is 0. The first-order valence-corrected chi connectivity index (χ1v) is 4.08. The first-order valence-electron chi connectivity index (χ1n) is 4.08. The van der Waals surface area contributed by atoms with Crippen LogP contribution in [0.4, 0.5) is 0 Å². The van der Waals surface area contributed by atoms with E-state index in [4.69, 9.17) is 6.42 Å². The van der Waals surface area contributed by atoms with E-state index in [1.54, 1.807) is 0 Å². The van der Waals surface area contributed by atoms with Crippen molar-refractivity contribution in [2.45, 2.75) is 6.42 Å². The van der Waals surface area contributed by atoms with Crippen LogP contribution in [0.1, 0.15) is 12.0 Å². The normalized spacial score (nSPS) is 8.85. The molecule has 0 saturated heterocycles. The summed E-state index contributed by atoms with van der Waals surface area (Å²) in [5.41, 5.74) is 1.19. The van der Waals surface area contributed by atoms with E-state index in [-0.39, 0.29) is 0 Å². The van der Waals surface area contributed by atoms with Gasteiger partial charge in [0.15, 0.2) is 0 Å². The van der Waals surface area contributed by atoms with Gasteiger partial charge in [-0.05, 0) is 17.4 Å². The van der Waals surface area contributed by atoms with E-state index in [0.29, 0.717) is 6.42 Å². The molecule has 1 aromatic carbocycles. The van der Waals surface area contributed by atoms with Crippen LogP contribution in [0.15, 0.2) is 36.4 Å². The lowest BCUT2D eigenvalue weighted by Gasteiger charge is -1.88. The Morgan fingerprint density at radius 2 is 2.00 bits per heavy atom. The maximum absolute atomic E-state index is 4.97. The molecule has 1 rings (SSSR count). The van der Waals surface area contributed by atoms with Gasteiger partial charge in [-0.15, -0.1) is 6.42 Å². The third-order valence-electron chi connectivity index (χ3n) is 1.49. The maximum atomic E-state index is 4.97. The second-order valence-electron chi connectivity index (χ2n) is 2.46. The second kappa shape index (κ2) is 5.70. The average Bonchev–Trinajstić information content (AvgIpc) is 2.19. The summed E-state index contributed by atoms with van der Waals surface area (Å²) < 4.78 is 0. The Bertz CT molecular complexity index is 366. The van der Waals surface area contributed by atoms with Gasteiger partial charge in [0.2, 0.25) is 0 Å². The number of allylic oxidation sites excluding steroid dienone is 1. The molecular formula is C13H10. The van der Waals surface area contributed by atoms with Gasteiger partial charge in [-0.3, -0.25) is 0 Å². The van der Waals surface area contributed by atoms with E-state index in [9.17, 15) is 0 Å². The minimum absolute atomic E-state index is 0.707. The highest BCUT2D eigenvalue weighted by Crippen LogP contribution is 2.00. The van der Waals surface area contributed by atoms with E-state index >= 15 is 0 Å². The molecule has 0 spiro atoms. The van der Waals surface area contributed by atoms with E-state index in [0.717, 1.165) is 0 Å². The molecule has 0 amide bonds. The highest BCUT2D eigenvalue weighted by Gasteiger charge is 1.79. The van der Waals surface area contributed by atoms with Crippen molar-refractivity contribution in [2.24, 2.45) is 0 Å². The minimum Gasteiger partial charge on any atom is -0.106 e. The Hall–Kier alpha value is -1.92. The smallest absolute Gasteiger partial charge is 0.0283 e. The third-order valence-corrected chi connectivity index (χ3v) is 1.49. The lowest BCUT2D eigenvalue weighted by Crippen LogP contribution is -1.67. The summed E-state index contributed by atoms with van der Waals surface area (Å²) in [7, 11) is 0. The number of hydrogen-bond acceptors (Lipinski definition) is 0. The summed E-state index contributed by atoms with van der Waals surface area (Å²) in [5, 5.41) is 0. The van der Waals surface area contributed by atoms with Crippen LogP contribution in [0.2, 0.25) is 0 Å². The van der Waals surface area contributed by atoms with Gasteiger partial charge < -0.3 is 0 Å². The van der Waals surface area contributed by atoms with E-state index in [2.05, 4.69) is 17.8 Å². The first kappa shape index (κ1) is 9.17. The molecule has 0 heterocycles. The topological polar surface area (TPSA) is 0 Å². The summed E-state index contributed by atoms with van der Waals surface area (Å²) in [6, 6.07) is 10.1. The lowest BCUT2D eigenvalue weighted by molar-refractivity contribution is 1.49. The molecule has 62 valence electrons. The molecule has 0 aliphatic rings. The van der Waals surface area contributed by atoms with Crippen molar-refractivity contribution in [1.82, 2.24) is 0 Å². The van der Waals surface area contributed by atoms with E-state index in [1.165, 1.54) is 5.56 Å². The molecule has 0 radical (unpaired) electrons. The minimum atomic E-state index is 0.707. The first-order chi connectivity index (χ1) is 6.43. The van der Waals surface area contributed by atoms with Gasteiger partial charge in [0.05, 0.1) is 0 Å². The number of benzene rings is 1. The highest BCUT2D eigenvalue weighted by atomic mass is 13.9. The average molecular weight is 166 g/mol. The monoisotopic (exact) mass is 166 g/mol. The van der Waals surface area contributed by atoms with Gasteiger partial charge >= 0.3 is 0 Å². The zero-order valence-electron chi connectivity index (χ0n) is 7.33. The molecule has 0 fully saturated rings. The van der Waals surface area contributed by atoms with Crippen molar-refractivity contribution in [3.8, 4) is 24.2 Å². The fourth-order valence-electron chi connectivity index (χ4n) is 0.920. The Kier molecular flexibility index (Phi) is 4.02. The molecule has 0 atom stereocenters. The van der Waals surface area contributed by atoms with Crippen LogP contribution in [-0.2, 0) is 0 Å². The van der Waals surface area contributed by atoms with Crippen molar-refractivity contribution in [3.05, 3.63) is 42.0 Å². The predicted octanol–water partition coefficient (Wildman–Crippen LogP) is 2.73. The van der Waals surface area contributed by atoms with Crippen LogP contribution in [-0.4, -0.2) is 0 Å². The van der Waals surface area contributed by atoms with Crippen molar-refractivity contribution in [3.63, 3.8) is 0 Å². The van der Waals surface area contributed by atoms with E-state index < -0.39 is 0 Å². The quantitative estimate of drug-likeness (QED) is 0.592. The molecule has 13 heavy (non-hydrogen) atoms. The van der Waals surface area contributed by atoms with Crippen molar-refractivity contribution >= 4 is 6.08 Å². The van der Waals surface area contributed by atoms with Gasteiger partial charge in [0.1, 0.15) is 0 Å². The summed E-state index contributed by atoms with van der Waals surface area (Å²) in [6.07, 6.45) is 9.71. The van der Waals surface area contributed by atoms with Crippen molar-refractivity contribution in [1.29, 1.82) is 0 Å². The zero-order valence-corrected chi connectivity index (χ0v) is 7.33. The number of rotatable bonds is 2. The fraction of sp³-hybridized carbons (Fsp3) is 0.0769. The summed E-state index contributed by atoms with van der Waals surface area (Å²) in [5.74, 6) is 7.66. The van der Waals surface area contributed by atoms with Crippen LogP contribution >= 0.6 is 0 Å². The maximum Gasteiger partial charge on any atom is 0.0283 e. The van der Waals surface area contributed by atoms with Gasteiger partial charge in [-0.1, -0.05) is 48.4 Å². The fourth-order valence-corrected chi connectivity index (χ4v) is 0.920. The Labute approximate surface area is 79.3 Å². The zero-order chi connectivity index (χ0) is 9.36. The van der Waals surface area contributed by atoms with Gasteiger partial charge in [-0.2, -0.15) is 0 Å². The summed E-state index contributed by atoms with van der Waals surface area (Å²) in [4.78, 5) is 0. The van der Waals surface area contributed by atoms with Crippen LogP contribution in [0.25, 0.3) is 6.08 Å². The molecule has 0 aliphatic carbocycles. The van der Waals surface area contributed by atoms with Gasteiger partial charge in [-0.25, -0.2) is 0 Å². The predicted molar refractivity (Wildman–Crippen MR) is 56.7 cm³/mol. The number of hydrogen-bond donors (Lipinski definition) is 0. The SMILES string of the molecule is C#CC#CC/C=C/c1ccccc1. The van der Waals surface area contributed by atoms with Gasteiger partial charge in [0, 0.05) is 6.42 Å². The molecule has 0 saturated carbocycles. The molecule has 1 aromatic rings. The van der Waals surface area contributed by atoms with Crippen LogP contribution in [0.5, 0.6) is 0 Å². The molecule has 0 unspecified atom stereocenters. The molecular weight excluding hydrogens is 156 g/mol. The standard InChI is InChI=1S/C13H10/c1-2-3-4-5-7-10-13-11-8-6-9-12-13/h1,6-12H,5H2/b10-7+. The molecule has 0 nitrogen and oxygen atoms in total.